The van der Waals surface area contributed by atoms with Crippen molar-refractivity contribution in [3.8, 4) is 0 Å². The maximum atomic E-state index is 13.5. The van der Waals surface area contributed by atoms with Crippen LogP contribution in [0.2, 0.25) is 0 Å². The van der Waals surface area contributed by atoms with Gasteiger partial charge in [-0.25, -0.2) is 12.8 Å². The van der Waals surface area contributed by atoms with Gasteiger partial charge < -0.3 is 10.2 Å². The summed E-state index contributed by atoms with van der Waals surface area (Å²) in [6.07, 6.45) is 0.928. The Kier molecular flexibility index (Phi) is 4.24. The summed E-state index contributed by atoms with van der Waals surface area (Å²) in [5.74, 6) is -0.949. The third-order valence-electron chi connectivity index (χ3n) is 2.91. The molecule has 0 aliphatic carbocycles. The molecule has 1 aromatic rings. The van der Waals surface area contributed by atoms with Crippen molar-refractivity contribution in [2.24, 2.45) is 0 Å². The first-order chi connectivity index (χ1) is 9.37. The second-order valence-electron chi connectivity index (χ2n) is 4.61. The number of piperazine rings is 1. The number of sulfonamides is 1. The predicted octanol–water partition coefficient (Wildman–Crippen LogP) is 0.243. The monoisotopic (exact) mass is 301 g/mol. The first kappa shape index (κ1) is 14.7. The molecule has 0 spiro atoms. The van der Waals surface area contributed by atoms with E-state index in [2.05, 4.69) is 10.0 Å². The fraction of sp³-hybridized carbons (Fsp3) is 0.417. The number of halogens is 1. The van der Waals surface area contributed by atoms with E-state index in [1.165, 1.54) is 12.1 Å². The van der Waals surface area contributed by atoms with Gasteiger partial charge in [-0.05, 0) is 18.2 Å². The topological polar surface area (TPSA) is 78.5 Å². The van der Waals surface area contributed by atoms with E-state index in [1.54, 1.807) is 4.90 Å². The minimum atomic E-state index is -3.59. The number of hydrogen-bond donors (Lipinski definition) is 2. The van der Waals surface area contributed by atoms with Crippen molar-refractivity contribution < 1.29 is 17.6 Å². The Morgan fingerprint density at radius 1 is 1.35 bits per heavy atom. The van der Waals surface area contributed by atoms with Crippen molar-refractivity contribution in [3.05, 3.63) is 29.6 Å². The molecule has 8 heteroatoms. The van der Waals surface area contributed by atoms with E-state index in [0.717, 1.165) is 12.3 Å². The van der Waals surface area contributed by atoms with Crippen molar-refractivity contribution in [2.75, 3.05) is 37.2 Å². The molecule has 1 saturated heterocycles. The molecular weight excluding hydrogens is 285 g/mol. The van der Waals surface area contributed by atoms with E-state index in [-0.39, 0.29) is 17.2 Å². The number of nitrogens with zero attached hydrogens (tertiary/aromatic N) is 1. The van der Waals surface area contributed by atoms with Gasteiger partial charge in [-0.2, -0.15) is 0 Å². The van der Waals surface area contributed by atoms with Gasteiger partial charge in [0.05, 0.1) is 11.9 Å². The molecule has 1 heterocycles. The molecule has 6 nitrogen and oxygen atoms in total. The van der Waals surface area contributed by atoms with E-state index in [0.29, 0.717) is 26.2 Å². The third kappa shape index (κ3) is 3.67. The summed E-state index contributed by atoms with van der Waals surface area (Å²) in [5, 5.41) is 3.13. The minimum absolute atomic E-state index is 0.214. The Morgan fingerprint density at radius 3 is 2.60 bits per heavy atom. The average Bonchev–Trinajstić information content (AvgIpc) is 2.40. The van der Waals surface area contributed by atoms with Crippen LogP contribution in [0.1, 0.15) is 10.4 Å². The smallest absolute Gasteiger partial charge is 0.254 e. The highest BCUT2D eigenvalue weighted by molar-refractivity contribution is 7.92. The molecular formula is C12H16FN3O3S. The molecule has 1 amide bonds. The van der Waals surface area contributed by atoms with Crippen LogP contribution >= 0.6 is 0 Å². The molecule has 0 saturated carbocycles. The zero-order chi connectivity index (χ0) is 14.8. The minimum Gasteiger partial charge on any atom is -0.336 e. The zero-order valence-corrected chi connectivity index (χ0v) is 11.8. The highest BCUT2D eigenvalue weighted by Gasteiger charge is 2.19. The molecule has 0 atom stereocenters. The summed E-state index contributed by atoms with van der Waals surface area (Å²) in [4.78, 5) is 13.9. The van der Waals surface area contributed by atoms with Crippen molar-refractivity contribution in [2.45, 2.75) is 0 Å². The first-order valence-electron chi connectivity index (χ1n) is 6.14. The van der Waals surface area contributed by atoms with E-state index in [1.807, 2.05) is 0 Å². The van der Waals surface area contributed by atoms with Crippen molar-refractivity contribution in [1.82, 2.24) is 10.2 Å². The largest absolute Gasteiger partial charge is 0.336 e. The Morgan fingerprint density at radius 2 is 2.00 bits per heavy atom. The van der Waals surface area contributed by atoms with Crippen LogP contribution in [0.4, 0.5) is 10.1 Å². The average molecular weight is 301 g/mol. The van der Waals surface area contributed by atoms with Crippen LogP contribution in [0.3, 0.4) is 0 Å². The lowest BCUT2D eigenvalue weighted by Gasteiger charge is -2.27. The van der Waals surface area contributed by atoms with Gasteiger partial charge in [0.25, 0.3) is 5.91 Å². The van der Waals surface area contributed by atoms with Crippen LogP contribution in [0, 0.1) is 5.82 Å². The number of hydrogen-bond acceptors (Lipinski definition) is 4. The maximum absolute atomic E-state index is 13.5. The summed E-state index contributed by atoms with van der Waals surface area (Å²) >= 11 is 0. The number of amides is 1. The molecule has 0 bridgehead atoms. The van der Waals surface area contributed by atoms with Gasteiger partial charge in [0, 0.05) is 31.7 Å². The molecule has 1 aliphatic rings. The van der Waals surface area contributed by atoms with Crippen LogP contribution in [-0.4, -0.2) is 51.7 Å². The SMILES string of the molecule is CS(=O)(=O)Nc1cc(C(=O)N2CCNCC2)ccc1F. The van der Waals surface area contributed by atoms with Gasteiger partial charge in [-0.1, -0.05) is 0 Å². The molecule has 2 rings (SSSR count). The second-order valence-corrected chi connectivity index (χ2v) is 6.36. The van der Waals surface area contributed by atoms with Gasteiger partial charge in [0.2, 0.25) is 10.0 Å². The standard InChI is InChI=1S/C12H16FN3O3S/c1-20(18,19)15-11-8-9(2-3-10(11)13)12(17)16-6-4-14-5-7-16/h2-3,8,14-15H,4-7H2,1H3. The lowest BCUT2D eigenvalue weighted by molar-refractivity contribution is 0.0736. The van der Waals surface area contributed by atoms with Gasteiger partial charge in [0.15, 0.2) is 0 Å². The zero-order valence-electron chi connectivity index (χ0n) is 11.0. The quantitative estimate of drug-likeness (QED) is 0.838. The summed E-state index contributed by atoms with van der Waals surface area (Å²) < 4.78 is 37.9. The molecule has 20 heavy (non-hydrogen) atoms. The lowest BCUT2D eigenvalue weighted by Crippen LogP contribution is -2.46. The highest BCUT2D eigenvalue weighted by atomic mass is 32.2. The van der Waals surface area contributed by atoms with Crippen molar-refractivity contribution in [1.29, 1.82) is 0 Å². The first-order valence-corrected chi connectivity index (χ1v) is 8.03. The molecule has 110 valence electrons. The van der Waals surface area contributed by atoms with E-state index < -0.39 is 15.8 Å². The predicted molar refractivity (Wildman–Crippen MR) is 73.6 cm³/mol. The van der Waals surface area contributed by atoms with Crippen LogP contribution in [-0.2, 0) is 10.0 Å². The molecule has 1 fully saturated rings. The molecule has 0 unspecified atom stereocenters. The number of anilines is 1. The number of nitrogens with one attached hydrogen (secondary N) is 2. The van der Waals surface area contributed by atoms with E-state index in [9.17, 15) is 17.6 Å². The van der Waals surface area contributed by atoms with Crippen LogP contribution < -0.4 is 10.0 Å². The van der Waals surface area contributed by atoms with E-state index in [4.69, 9.17) is 0 Å². The Bertz CT molecular complexity index is 612. The molecule has 1 aromatic carbocycles. The molecule has 1 aliphatic heterocycles. The fourth-order valence-electron chi connectivity index (χ4n) is 1.99. The summed E-state index contributed by atoms with van der Waals surface area (Å²) in [7, 11) is -3.59. The number of benzene rings is 1. The summed E-state index contributed by atoms with van der Waals surface area (Å²) in [6.45, 7) is 2.57. The molecule has 0 radical (unpaired) electrons. The Labute approximate surface area is 117 Å². The van der Waals surface area contributed by atoms with Crippen molar-refractivity contribution in [3.63, 3.8) is 0 Å². The van der Waals surface area contributed by atoms with Gasteiger partial charge in [0.1, 0.15) is 5.82 Å². The Balaban J connectivity index is 2.24. The van der Waals surface area contributed by atoms with Crippen molar-refractivity contribution >= 4 is 21.6 Å². The number of carbonyl (C=O) groups excluding carboxylic acids is 1. The molecule has 2 N–H and O–H groups in total. The maximum Gasteiger partial charge on any atom is 0.254 e. The second kappa shape index (κ2) is 5.76. The number of carbonyl (C=O) groups is 1. The van der Waals surface area contributed by atoms with Crippen LogP contribution in [0.5, 0.6) is 0 Å². The summed E-state index contributed by atoms with van der Waals surface area (Å²) in [6, 6.07) is 3.66. The fourth-order valence-corrected chi connectivity index (χ4v) is 2.54. The van der Waals surface area contributed by atoms with Crippen LogP contribution in [0.15, 0.2) is 18.2 Å². The summed E-state index contributed by atoms with van der Waals surface area (Å²) in [5.41, 5.74) is 0.0490. The van der Waals surface area contributed by atoms with Crippen LogP contribution in [0.25, 0.3) is 0 Å². The van der Waals surface area contributed by atoms with Gasteiger partial charge >= 0.3 is 0 Å². The molecule has 0 aromatic heterocycles. The van der Waals surface area contributed by atoms with Gasteiger partial charge in [-0.3, -0.25) is 9.52 Å². The normalized spacial score (nSPS) is 16.0. The lowest BCUT2D eigenvalue weighted by atomic mass is 10.1. The van der Waals surface area contributed by atoms with E-state index >= 15 is 0 Å². The van der Waals surface area contributed by atoms with Gasteiger partial charge in [-0.15, -0.1) is 0 Å². The third-order valence-corrected chi connectivity index (χ3v) is 3.50. The highest BCUT2D eigenvalue weighted by Crippen LogP contribution is 2.18. The number of rotatable bonds is 3. The Hall–Kier alpha value is -1.67.